The van der Waals surface area contributed by atoms with E-state index in [1.54, 1.807) is 13.3 Å². The van der Waals surface area contributed by atoms with Crippen molar-refractivity contribution in [1.29, 1.82) is 0 Å². The summed E-state index contributed by atoms with van der Waals surface area (Å²) in [5.41, 5.74) is 2.79. The number of aromatic nitrogens is 3. The van der Waals surface area contributed by atoms with Crippen LogP contribution in [0.3, 0.4) is 0 Å². The molecule has 0 saturated carbocycles. The van der Waals surface area contributed by atoms with Crippen molar-refractivity contribution >= 4 is 22.5 Å². The lowest BCUT2D eigenvalue weighted by Gasteiger charge is -2.07. The summed E-state index contributed by atoms with van der Waals surface area (Å²) in [7, 11) is 1.63. The van der Waals surface area contributed by atoms with Gasteiger partial charge < -0.3 is 4.74 Å². The molecule has 0 saturated heterocycles. The third-order valence-electron chi connectivity index (χ3n) is 2.79. The van der Waals surface area contributed by atoms with Crippen molar-refractivity contribution in [3.05, 3.63) is 41.8 Å². The number of hydrogen-bond donors (Lipinski definition) is 1. The van der Waals surface area contributed by atoms with Gasteiger partial charge in [-0.1, -0.05) is 11.6 Å². The summed E-state index contributed by atoms with van der Waals surface area (Å²) in [4.78, 5) is 4.31. The Morgan fingerprint density at radius 3 is 2.89 bits per heavy atom. The fourth-order valence-electron chi connectivity index (χ4n) is 1.94. The van der Waals surface area contributed by atoms with Gasteiger partial charge >= 0.3 is 0 Å². The highest BCUT2D eigenvalue weighted by Gasteiger charge is 2.08. The quantitative estimate of drug-likeness (QED) is 0.719. The van der Waals surface area contributed by atoms with Crippen molar-refractivity contribution in [3.8, 4) is 16.9 Å². The highest BCUT2D eigenvalue weighted by atomic mass is 35.5. The largest absolute Gasteiger partial charge is 0.497 e. The zero-order valence-electron chi connectivity index (χ0n) is 9.64. The van der Waals surface area contributed by atoms with Crippen LogP contribution in [0.1, 0.15) is 0 Å². The number of hydrogen-bond acceptors (Lipinski definition) is 3. The molecule has 0 aliphatic carbocycles. The van der Waals surface area contributed by atoms with Crippen LogP contribution in [0, 0.1) is 0 Å². The van der Waals surface area contributed by atoms with Crippen LogP contribution in [-0.4, -0.2) is 22.3 Å². The second-order valence-corrected chi connectivity index (χ2v) is 4.25. The average Bonchev–Trinajstić information content (AvgIpc) is 2.90. The number of halogens is 1. The second kappa shape index (κ2) is 4.31. The Balaban J connectivity index is 2.31. The van der Waals surface area contributed by atoms with Gasteiger partial charge in [0.2, 0.25) is 0 Å². The number of H-pyrrole nitrogens is 1. The molecule has 0 atom stereocenters. The molecule has 1 aromatic carbocycles. The fourth-order valence-corrected chi connectivity index (χ4v) is 2.14. The van der Waals surface area contributed by atoms with Crippen molar-refractivity contribution in [2.75, 3.05) is 7.11 Å². The van der Waals surface area contributed by atoms with E-state index in [1.165, 1.54) is 0 Å². The van der Waals surface area contributed by atoms with Gasteiger partial charge in [-0.25, -0.2) is 4.98 Å². The lowest BCUT2D eigenvalue weighted by molar-refractivity contribution is 0.415. The summed E-state index contributed by atoms with van der Waals surface area (Å²) >= 11 is 6.05. The minimum Gasteiger partial charge on any atom is -0.497 e. The predicted molar refractivity (Wildman–Crippen MR) is 70.9 cm³/mol. The predicted octanol–water partition coefficient (Wildman–Crippen LogP) is 3.29. The molecule has 0 aliphatic heterocycles. The Labute approximate surface area is 109 Å². The van der Waals surface area contributed by atoms with Crippen molar-refractivity contribution in [3.63, 3.8) is 0 Å². The monoisotopic (exact) mass is 259 g/mol. The number of ether oxygens (including phenoxy) is 1. The van der Waals surface area contributed by atoms with Gasteiger partial charge in [0, 0.05) is 23.2 Å². The molecule has 0 amide bonds. The Hall–Kier alpha value is -2.07. The maximum absolute atomic E-state index is 6.05. The van der Waals surface area contributed by atoms with E-state index in [0.29, 0.717) is 5.15 Å². The summed E-state index contributed by atoms with van der Waals surface area (Å²) in [6.07, 6.45) is 3.59. The van der Waals surface area contributed by atoms with Gasteiger partial charge in [-0.2, -0.15) is 5.10 Å². The smallest absolute Gasteiger partial charge is 0.130 e. The second-order valence-electron chi connectivity index (χ2n) is 3.86. The maximum atomic E-state index is 6.05. The number of rotatable bonds is 2. The first-order valence-electron chi connectivity index (χ1n) is 5.41. The molecule has 3 aromatic rings. The SMILES string of the molecule is COc1ccc2c(-c3cn[nH]c3)cc(Cl)nc2c1. The third kappa shape index (κ3) is 1.80. The first-order chi connectivity index (χ1) is 8.78. The molecule has 2 heterocycles. The summed E-state index contributed by atoms with van der Waals surface area (Å²) in [6.45, 7) is 0. The molecule has 90 valence electrons. The number of methoxy groups -OCH3 is 1. The van der Waals surface area contributed by atoms with E-state index < -0.39 is 0 Å². The first kappa shape index (κ1) is 11.0. The van der Waals surface area contributed by atoms with Gasteiger partial charge in [-0.15, -0.1) is 0 Å². The molecule has 5 heteroatoms. The normalized spacial score (nSPS) is 10.8. The summed E-state index contributed by atoms with van der Waals surface area (Å²) in [5, 5.41) is 8.22. The van der Waals surface area contributed by atoms with Crippen molar-refractivity contribution in [2.24, 2.45) is 0 Å². The van der Waals surface area contributed by atoms with Crippen LogP contribution >= 0.6 is 11.6 Å². The van der Waals surface area contributed by atoms with E-state index in [9.17, 15) is 0 Å². The van der Waals surface area contributed by atoms with Gasteiger partial charge in [0.15, 0.2) is 0 Å². The Bertz CT molecular complexity index is 695. The van der Waals surface area contributed by atoms with E-state index in [-0.39, 0.29) is 0 Å². The molecule has 2 aromatic heterocycles. The number of aromatic amines is 1. The number of benzene rings is 1. The third-order valence-corrected chi connectivity index (χ3v) is 2.99. The summed E-state index contributed by atoms with van der Waals surface area (Å²) in [5.74, 6) is 0.760. The average molecular weight is 260 g/mol. The molecule has 0 spiro atoms. The van der Waals surface area contributed by atoms with Gasteiger partial charge in [-0.3, -0.25) is 5.10 Å². The number of nitrogens with one attached hydrogen (secondary N) is 1. The molecular formula is C13H10ClN3O. The van der Waals surface area contributed by atoms with E-state index in [4.69, 9.17) is 16.3 Å². The Morgan fingerprint density at radius 1 is 1.28 bits per heavy atom. The minimum absolute atomic E-state index is 0.451. The van der Waals surface area contributed by atoms with Crippen LogP contribution < -0.4 is 4.74 Å². The van der Waals surface area contributed by atoms with Crippen LogP contribution in [0.25, 0.3) is 22.0 Å². The fraction of sp³-hybridized carbons (Fsp3) is 0.0769. The number of pyridine rings is 1. The lowest BCUT2D eigenvalue weighted by Crippen LogP contribution is -1.87. The molecule has 18 heavy (non-hydrogen) atoms. The summed E-state index contributed by atoms with van der Waals surface area (Å²) < 4.78 is 5.19. The highest BCUT2D eigenvalue weighted by molar-refractivity contribution is 6.30. The van der Waals surface area contributed by atoms with Gasteiger partial charge in [0.25, 0.3) is 0 Å². The Morgan fingerprint density at radius 2 is 2.17 bits per heavy atom. The molecular weight excluding hydrogens is 250 g/mol. The van der Waals surface area contributed by atoms with Gasteiger partial charge in [-0.05, 0) is 23.8 Å². The number of nitrogens with zero attached hydrogens (tertiary/aromatic N) is 2. The number of fused-ring (bicyclic) bond motifs is 1. The van der Waals surface area contributed by atoms with E-state index in [0.717, 1.165) is 27.8 Å². The molecule has 3 rings (SSSR count). The molecule has 1 N–H and O–H groups in total. The zero-order chi connectivity index (χ0) is 12.5. The van der Waals surface area contributed by atoms with Gasteiger partial charge in [0.05, 0.1) is 18.8 Å². The summed E-state index contributed by atoms with van der Waals surface area (Å²) in [6, 6.07) is 7.58. The minimum atomic E-state index is 0.451. The van der Waals surface area contributed by atoms with E-state index in [1.807, 2.05) is 30.5 Å². The zero-order valence-corrected chi connectivity index (χ0v) is 10.4. The lowest BCUT2D eigenvalue weighted by atomic mass is 10.0. The Kier molecular flexibility index (Phi) is 2.64. The topological polar surface area (TPSA) is 50.8 Å². The van der Waals surface area contributed by atoms with Crippen LogP contribution in [0.4, 0.5) is 0 Å². The standard InChI is InChI=1S/C13H10ClN3O/c1-18-9-2-3-10-11(8-6-15-16-7-8)5-13(14)17-12(10)4-9/h2-7H,1H3,(H,15,16). The van der Waals surface area contributed by atoms with Crippen LogP contribution in [-0.2, 0) is 0 Å². The van der Waals surface area contributed by atoms with E-state index in [2.05, 4.69) is 15.2 Å². The van der Waals surface area contributed by atoms with Crippen LogP contribution in [0.5, 0.6) is 5.75 Å². The maximum Gasteiger partial charge on any atom is 0.130 e. The molecule has 0 bridgehead atoms. The molecule has 0 unspecified atom stereocenters. The van der Waals surface area contributed by atoms with Crippen molar-refractivity contribution in [2.45, 2.75) is 0 Å². The molecule has 0 fully saturated rings. The molecule has 0 radical (unpaired) electrons. The van der Waals surface area contributed by atoms with E-state index >= 15 is 0 Å². The first-order valence-corrected chi connectivity index (χ1v) is 5.79. The molecule has 0 aliphatic rings. The van der Waals surface area contributed by atoms with Crippen molar-refractivity contribution < 1.29 is 4.74 Å². The van der Waals surface area contributed by atoms with Crippen molar-refractivity contribution in [1.82, 2.24) is 15.2 Å². The highest BCUT2D eigenvalue weighted by Crippen LogP contribution is 2.31. The van der Waals surface area contributed by atoms with Crippen LogP contribution in [0.15, 0.2) is 36.7 Å². The van der Waals surface area contributed by atoms with Gasteiger partial charge in [0.1, 0.15) is 10.9 Å². The van der Waals surface area contributed by atoms with Crippen LogP contribution in [0.2, 0.25) is 5.15 Å². The molecule has 4 nitrogen and oxygen atoms in total.